The number of carboxylic acids is 1. The van der Waals surface area contributed by atoms with Gasteiger partial charge in [0.15, 0.2) is 0 Å². The van der Waals surface area contributed by atoms with Gasteiger partial charge in [-0.25, -0.2) is 0 Å². The molecule has 0 aromatic heterocycles. The van der Waals surface area contributed by atoms with E-state index in [0.717, 1.165) is 13.1 Å². The molecule has 5 nitrogen and oxygen atoms in total. The van der Waals surface area contributed by atoms with Crippen LogP contribution in [0.3, 0.4) is 0 Å². The van der Waals surface area contributed by atoms with Gasteiger partial charge in [-0.3, -0.25) is 9.59 Å². The molecule has 114 valence electrons. The first kappa shape index (κ1) is 16.1. The number of hydrogen-bond donors (Lipinski definition) is 2. The van der Waals surface area contributed by atoms with E-state index in [0.29, 0.717) is 28.7 Å². The Morgan fingerprint density at radius 3 is 2.71 bits per heavy atom. The first-order valence-corrected chi connectivity index (χ1v) is 7.38. The van der Waals surface area contributed by atoms with Crippen LogP contribution in [0, 0.1) is 5.92 Å². The molecule has 1 heterocycles. The second kappa shape index (κ2) is 7.11. The molecule has 21 heavy (non-hydrogen) atoms. The predicted octanol–water partition coefficient (Wildman–Crippen LogP) is 2.73. The molecular weight excluding hydrogens is 315 g/mol. The van der Waals surface area contributed by atoms with Crippen LogP contribution in [0.1, 0.15) is 12.8 Å². The normalized spacial score (nSPS) is 15.5. The molecule has 0 atom stereocenters. The summed E-state index contributed by atoms with van der Waals surface area (Å²) in [6, 6.07) is 4.89. The summed E-state index contributed by atoms with van der Waals surface area (Å²) in [6.45, 7) is 2.08. The summed E-state index contributed by atoms with van der Waals surface area (Å²) in [5.74, 6) is -0.707. The Morgan fingerprint density at radius 1 is 1.33 bits per heavy atom. The third-order valence-electron chi connectivity index (χ3n) is 3.35. The minimum absolute atomic E-state index is 0.138. The van der Waals surface area contributed by atoms with Crippen LogP contribution in [0.25, 0.3) is 0 Å². The summed E-state index contributed by atoms with van der Waals surface area (Å²) >= 11 is 11.8. The number of carbonyl (C=O) groups is 2. The number of halogens is 2. The Morgan fingerprint density at radius 2 is 2.05 bits per heavy atom. The minimum atomic E-state index is -0.770. The Hall–Kier alpha value is -1.30. The number of nitrogens with one attached hydrogen (secondary N) is 1. The van der Waals surface area contributed by atoms with E-state index in [4.69, 9.17) is 28.3 Å². The maximum atomic E-state index is 11.8. The molecule has 0 unspecified atom stereocenters. The number of hydrogen-bond acceptors (Lipinski definition) is 3. The lowest BCUT2D eigenvalue weighted by Gasteiger charge is -2.38. The van der Waals surface area contributed by atoms with Crippen molar-refractivity contribution in [2.75, 3.05) is 25.0 Å². The number of benzene rings is 1. The van der Waals surface area contributed by atoms with Gasteiger partial charge in [0.25, 0.3) is 0 Å². The fraction of sp³-hybridized carbons (Fsp3) is 0.429. The average molecular weight is 331 g/mol. The molecule has 0 bridgehead atoms. The zero-order valence-electron chi connectivity index (χ0n) is 11.3. The summed E-state index contributed by atoms with van der Waals surface area (Å²) in [5.41, 5.74) is 0.501. The number of carbonyl (C=O) groups excluding carboxylic acids is 1. The monoisotopic (exact) mass is 330 g/mol. The molecule has 2 N–H and O–H groups in total. The quantitative estimate of drug-likeness (QED) is 0.841. The molecule has 7 heteroatoms. The van der Waals surface area contributed by atoms with E-state index in [1.54, 1.807) is 18.2 Å². The molecule has 0 aliphatic carbocycles. The van der Waals surface area contributed by atoms with Crippen LogP contribution in [0.15, 0.2) is 18.2 Å². The van der Waals surface area contributed by atoms with Gasteiger partial charge in [0.1, 0.15) is 0 Å². The molecule has 1 saturated heterocycles. The maximum Gasteiger partial charge on any atom is 0.303 e. The highest BCUT2D eigenvalue weighted by Crippen LogP contribution is 2.25. The van der Waals surface area contributed by atoms with Crippen molar-refractivity contribution in [3.63, 3.8) is 0 Å². The van der Waals surface area contributed by atoms with Gasteiger partial charge >= 0.3 is 5.97 Å². The lowest BCUT2D eigenvalue weighted by molar-refractivity contribution is -0.139. The Bertz CT molecular complexity index is 545. The Kier molecular flexibility index (Phi) is 5.45. The van der Waals surface area contributed by atoms with Gasteiger partial charge in [0.2, 0.25) is 5.91 Å². The molecule has 1 aromatic rings. The molecular formula is C14H16Cl2N2O3. The summed E-state index contributed by atoms with van der Waals surface area (Å²) in [7, 11) is 0. The average Bonchev–Trinajstić information content (AvgIpc) is 2.36. The smallest absolute Gasteiger partial charge is 0.303 e. The van der Waals surface area contributed by atoms with Crippen LogP contribution >= 0.6 is 23.2 Å². The summed E-state index contributed by atoms with van der Waals surface area (Å²) in [5, 5.41) is 12.3. The highest BCUT2D eigenvalue weighted by atomic mass is 35.5. The number of likely N-dealkylation sites (tertiary alicyclic amines) is 1. The molecule has 0 spiro atoms. The molecule has 1 fully saturated rings. The van der Waals surface area contributed by atoms with Gasteiger partial charge in [0, 0.05) is 31.1 Å². The first-order valence-electron chi connectivity index (χ1n) is 6.63. The van der Waals surface area contributed by atoms with E-state index in [9.17, 15) is 9.59 Å². The fourth-order valence-corrected chi connectivity index (χ4v) is 2.64. The van der Waals surface area contributed by atoms with Crippen LogP contribution in [0.4, 0.5) is 5.69 Å². The zero-order valence-corrected chi connectivity index (χ0v) is 12.8. The van der Waals surface area contributed by atoms with Crippen molar-refractivity contribution in [1.82, 2.24) is 4.90 Å². The van der Waals surface area contributed by atoms with Crippen molar-refractivity contribution < 1.29 is 14.7 Å². The minimum Gasteiger partial charge on any atom is -0.481 e. The van der Waals surface area contributed by atoms with E-state index < -0.39 is 5.97 Å². The molecule has 1 aliphatic heterocycles. The number of nitrogens with zero attached hydrogens (tertiary/aromatic N) is 1. The van der Waals surface area contributed by atoms with Crippen molar-refractivity contribution in [3.8, 4) is 0 Å². The van der Waals surface area contributed by atoms with E-state index in [-0.39, 0.29) is 18.2 Å². The predicted molar refractivity (Wildman–Crippen MR) is 81.9 cm³/mol. The van der Waals surface area contributed by atoms with Gasteiger partial charge in [0.05, 0.1) is 17.1 Å². The maximum absolute atomic E-state index is 11.8. The van der Waals surface area contributed by atoms with Crippen LogP contribution in [-0.2, 0) is 9.59 Å². The lowest BCUT2D eigenvalue weighted by Crippen LogP contribution is -2.48. The third kappa shape index (κ3) is 4.88. The largest absolute Gasteiger partial charge is 0.481 e. The Labute approximate surface area is 132 Å². The van der Waals surface area contributed by atoms with E-state index in [1.165, 1.54) is 0 Å². The lowest BCUT2D eigenvalue weighted by atomic mass is 9.96. The second-order valence-corrected chi connectivity index (χ2v) is 5.99. The summed E-state index contributed by atoms with van der Waals surface area (Å²) in [4.78, 5) is 24.4. The van der Waals surface area contributed by atoms with E-state index in [2.05, 4.69) is 10.2 Å². The van der Waals surface area contributed by atoms with E-state index >= 15 is 0 Å². The molecule has 1 aromatic carbocycles. The molecule has 2 rings (SSSR count). The SMILES string of the molecule is O=C(O)CC1CN(CCC(=O)Nc2cc(Cl)ccc2Cl)C1. The number of anilines is 1. The summed E-state index contributed by atoms with van der Waals surface area (Å²) in [6.07, 6.45) is 0.531. The van der Waals surface area contributed by atoms with Crippen molar-refractivity contribution in [2.24, 2.45) is 5.92 Å². The van der Waals surface area contributed by atoms with Gasteiger partial charge in [-0.2, -0.15) is 0 Å². The Balaban J connectivity index is 1.71. The molecule has 1 aliphatic rings. The molecule has 1 amide bonds. The van der Waals surface area contributed by atoms with Crippen LogP contribution in [-0.4, -0.2) is 41.5 Å². The highest BCUT2D eigenvalue weighted by molar-refractivity contribution is 6.35. The third-order valence-corrected chi connectivity index (χ3v) is 3.92. The van der Waals surface area contributed by atoms with Crippen molar-refractivity contribution in [2.45, 2.75) is 12.8 Å². The number of amides is 1. The first-order chi connectivity index (χ1) is 9.94. The van der Waals surface area contributed by atoms with Crippen molar-refractivity contribution in [1.29, 1.82) is 0 Å². The number of aliphatic carboxylic acids is 1. The van der Waals surface area contributed by atoms with Crippen LogP contribution in [0.5, 0.6) is 0 Å². The van der Waals surface area contributed by atoms with Crippen LogP contribution in [0.2, 0.25) is 10.0 Å². The number of rotatable bonds is 6. The number of carboxylic acid groups (broad SMARTS) is 1. The van der Waals surface area contributed by atoms with Crippen LogP contribution < -0.4 is 5.32 Å². The van der Waals surface area contributed by atoms with Crippen molar-refractivity contribution >= 4 is 40.8 Å². The molecule has 0 saturated carbocycles. The zero-order chi connectivity index (χ0) is 15.4. The van der Waals surface area contributed by atoms with Gasteiger partial charge in [-0.05, 0) is 24.1 Å². The topological polar surface area (TPSA) is 69.6 Å². The molecule has 0 radical (unpaired) electrons. The highest BCUT2D eigenvalue weighted by Gasteiger charge is 2.28. The van der Waals surface area contributed by atoms with Gasteiger partial charge < -0.3 is 15.3 Å². The van der Waals surface area contributed by atoms with Gasteiger partial charge in [-0.15, -0.1) is 0 Å². The standard InChI is InChI=1S/C14H16Cl2N2O3/c15-10-1-2-11(16)12(6-10)17-13(19)3-4-18-7-9(8-18)5-14(20)21/h1-2,6,9H,3-5,7-8H2,(H,17,19)(H,20,21). The van der Waals surface area contributed by atoms with E-state index in [1.807, 2.05) is 0 Å². The summed E-state index contributed by atoms with van der Waals surface area (Å²) < 4.78 is 0. The fourth-order valence-electron chi connectivity index (χ4n) is 2.30. The van der Waals surface area contributed by atoms with Crippen molar-refractivity contribution in [3.05, 3.63) is 28.2 Å². The second-order valence-electron chi connectivity index (χ2n) is 5.15. The van der Waals surface area contributed by atoms with Gasteiger partial charge in [-0.1, -0.05) is 23.2 Å².